The molecule has 3 atom stereocenters. The lowest BCUT2D eigenvalue weighted by molar-refractivity contribution is -0.0816. The average Bonchev–Trinajstić information content (AvgIpc) is 2.25. The van der Waals surface area contributed by atoms with Gasteiger partial charge in [-0.1, -0.05) is 12.1 Å². The van der Waals surface area contributed by atoms with Gasteiger partial charge < -0.3 is 14.6 Å². The van der Waals surface area contributed by atoms with Crippen LogP contribution in [0, 0.1) is 0 Å². The molecule has 0 saturated heterocycles. The Balaban J connectivity index is 2.54. The maximum absolute atomic E-state index is 9.99. The lowest BCUT2D eigenvalue weighted by Gasteiger charge is -2.33. The molecular formula is C12H16O3. The Kier molecular flexibility index (Phi) is 2.67. The summed E-state index contributed by atoms with van der Waals surface area (Å²) in [4.78, 5) is 0. The van der Waals surface area contributed by atoms with E-state index in [9.17, 15) is 5.11 Å². The highest BCUT2D eigenvalue weighted by molar-refractivity contribution is 5.44. The molecule has 1 aromatic rings. The van der Waals surface area contributed by atoms with Gasteiger partial charge in [-0.25, -0.2) is 0 Å². The quantitative estimate of drug-likeness (QED) is 0.769. The van der Waals surface area contributed by atoms with E-state index in [1.807, 2.05) is 32.0 Å². The molecule has 1 aliphatic rings. The summed E-state index contributed by atoms with van der Waals surface area (Å²) < 4.78 is 10.9. The SMILES string of the molecule is COc1cccc2c1[C@@H](C)O[C@H](C)[C@@H]2O. The third-order valence-corrected chi connectivity index (χ3v) is 2.91. The third kappa shape index (κ3) is 1.62. The summed E-state index contributed by atoms with van der Waals surface area (Å²) in [7, 11) is 1.63. The normalized spacial score (nSPS) is 29.7. The zero-order chi connectivity index (χ0) is 11.0. The molecule has 1 N–H and O–H groups in total. The second-order valence-electron chi connectivity index (χ2n) is 3.89. The number of ether oxygens (including phenoxy) is 2. The Morgan fingerprint density at radius 2 is 2.07 bits per heavy atom. The monoisotopic (exact) mass is 208 g/mol. The first kappa shape index (κ1) is 10.5. The zero-order valence-electron chi connectivity index (χ0n) is 9.23. The van der Waals surface area contributed by atoms with Crippen LogP contribution in [0.3, 0.4) is 0 Å². The van der Waals surface area contributed by atoms with E-state index in [0.29, 0.717) is 0 Å². The molecule has 0 aliphatic carbocycles. The molecule has 15 heavy (non-hydrogen) atoms. The number of hydrogen-bond donors (Lipinski definition) is 1. The fourth-order valence-corrected chi connectivity index (χ4v) is 2.15. The van der Waals surface area contributed by atoms with Gasteiger partial charge in [-0.15, -0.1) is 0 Å². The van der Waals surface area contributed by atoms with Crippen molar-refractivity contribution in [3.8, 4) is 5.75 Å². The summed E-state index contributed by atoms with van der Waals surface area (Å²) in [5, 5.41) is 9.99. The van der Waals surface area contributed by atoms with Crippen LogP contribution in [-0.4, -0.2) is 18.3 Å². The molecule has 0 spiro atoms. The van der Waals surface area contributed by atoms with Crippen molar-refractivity contribution < 1.29 is 14.6 Å². The second-order valence-corrected chi connectivity index (χ2v) is 3.89. The van der Waals surface area contributed by atoms with Gasteiger partial charge in [-0.05, 0) is 25.5 Å². The summed E-state index contributed by atoms with van der Waals surface area (Å²) in [5.41, 5.74) is 1.88. The van der Waals surface area contributed by atoms with Crippen molar-refractivity contribution in [3.63, 3.8) is 0 Å². The molecular weight excluding hydrogens is 192 g/mol. The molecule has 3 heteroatoms. The third-order valence-electron chi connectivity index (χ3n) is 2.91. The molecule has 1 aromatic carbocycles. The Morgan fingerprint density at radius 3 is 2.73 bits per heavy atom. The minimum atomic E-state index is -0.564. The first-order valence-electron chi connectivity index (χ1n) is 5.15. The van der Waals surface area contributed by atoms with Crippen LogP contribution in [0.15, 0.2) is 18.2 Å². The zero-order valence-corrected chi connectivity index (χ0v) is 9.23. The average molecular weight is 208 g/mol. The predicted molar refractivity (Wildman–Crippen MR) is 56.9 cm³/mol. The molecule has 0 unspecified atom stereocenters. The molecule has 1 heterocycles. The summed E-state index contributed by atoms with van der Waals surface area (Å²) in [6, 6.07) is 5.71. The molecule has 0 amide bonds. The standard InChI is InChI=1S/C12H16O3/c1-7-11-9(12(13)8(2)15-7)5-4-6-10(11)14-3/h4-8,12-13H,1-3H3/t7-,8-,12+/m1/s1. The van der Waals surface area contributed by atoms with E-state index >= 15 is 0 Å². The van der Waals surface area contributed by atoms with Crippen molar-refractivity contribution in [2.24, 2.45) is 0 Å². The Morgan fingerprint density at radius 1 is 1.33 bits per heavy atom. The highest BCUT2D eigenvalue weighted by Gasteiger charge is 2.31. The number of aliphatic hydroxyl groups is 1. The fraction of sp³-hybridized carbons (Fsp3) is 0.500. The summed E-state index contributed by atoms with van der Waals surface area (Å²) >= 11 is 0. The van der Waals surface area contributed by atoms with Gasteiger partial charge in [0.1, 0.15) is 11.9 Å². The van der Waals surface area contributed by atoms with Crippen molar-refractivity contribution >= 4 is 0 Å². The summed E-state index contributed by atoms with van der Waals surface area (Å²) in [5.74, 6) is 0.783. The van der Waals surface area contributed by atoms with Crippen molar-refractivity contribution in [1.29, 1.82) is 0 Å². The highest BCUT2D eigenvalue weighted by atomic mass is 16.5. The smallest absolute Gasteiger partial charge is 0.125 e. The second kappa shape index (κ2) is 3.83. The van der Waals surface area contributed by atoms with E-state index in [1.165, 1.54) is 0 Å². The van der Waals surface area contributed by atoms with Gasteiger partial charge in [0.15, 0.2) is 0 Å². The number of fused-ring (bicyclic) bond motifs is 1. The number of aliphatic hydroxyl groups excluding tert-OH is 1. The van der Waals surface area contributed by atoms with Gasteiger partial charge in [-0.3, -0.25) is 0 Å². The first-order valence-corrected chi connectivity index (χ1v) is 5.15. The number of methoxy groups -OCH3 is 1. The predicted octanol–water partition coefficient (Wildman–Crippen LogP) is 2.21. The molecule has 3 nitrogen and oxygen atoms in total. The lowest BCUT2D eigenvalue weighted by atomic mass is 9.92. The largest absolute Gasteiger partial charge is 0.496 e. The fourth-order valence-electron chi connectivity index (χ4n) is 2.15. The van der Waals surface area contributed by atoms with Crippen LogP contribution >= 0.6 is 0 Å². The lowest BCUT2D eigenvalue weighted by Crippen LogP contribution is -2.27. The molecule has 0 radical (unpaired) electrons. The van der Waals surface area contributed by atoms with Gasteiger partial charge in [0.05, 0.1) is 19.3 Å². The van der Waals surface area contributed by atoms with Crippen LogP contribution in [0.5, 0.6) is 5.75 Å². The molecule has 0 bridgehead atoms. The molecule has 82 valence electrons. The van der Waals surface area contributed by atoms with Crippen LogP contribution in [0.4, 0.5) is 0 Å². The van der Waals surface area contributed by atoms with Crippen LogP contribution in [0.25, 0.3) is 0 Å². The van der Waals surface area contributed by atoms with Crippen LogP contribution in [0.2, 0.25) is 0 Å². The topological polar surface area (TPSA) is 38.7 Å². The van der Waals surface area contributed by atoms with Gasteiger partial charge >= 0.3 is 0 Å². The summed E-state index contributed by atoms with van der Waals surface area (Å²) in [6.45, 7) is 3.85. The van der Waals surface area contributed by atoms with Crippen LogP contribution in [-0.2, 0) is 4.74 Å². The van der Waals surface area contributed by atoms with E-state index in [-0.39, 0.29) is 12.2 Å². The maximum atomic E-state index is 9.99. The summed E-state index contributed by atoms with van der Waals surface area (Å²) in [6.07, 6.45) is -0.763. The molecule has 0 saturated carbocycles. The molecule has 1 aliphatic heterocycles. The molecule has 0 fully saturated rings. The number of rotatable bonds is 1. The minimum absolute atomic E-state index is 0.0328. The van der Waals surface area contributed by atoms with E-state index in [4.69, 9.17) is 9.47 Å². The van der Waals surface area contributed by atoms with Crippen molar-refractivity contribution in [2.75, 3.05) is 7.11 Å². The minimum Gasteiger partial charge on any atom is -0.496 e. The Labute approximate surface area is 89.6 Å². The van der Waals surface area contributed by atoms with E-state index in [0.717, 1.165) is 16.9 Å². The van der Waals surface area contributed by atoms with Crippen molar-refractivity contribution in [3.05, 3.63) is 29.3 Å². The van der Waals surface area contributed by atoms with Gasteiger partial charge in [0, 0.05) is 5.56 Å². The van der Waals surface area contributed by atoms with Gasteiger partial charge in [0.25, 0.3) is 0 Å². The Hall–Kier alpha value is -1.06. The van der Waals surface area contributed by atoms with Crippen molar-refractivity contribution in [2.45, 2.75) is 32.2 Å². The van der Waals surface area contributed by atoms with E-state index in [1.54, 1.807) is 7.11 Å². The number of hydrogen-bond acceptors (Lipinski definition) is 3. The van der Waals surface area contributed by atoms with Crippen LogP contribution in [0.1, 0.15) is 37.2 Å². The van der Waals surface area contributed by atoms with Crippen molar-refractivity contribution in [1.82, 2.24) is 0 Å². The Bertz CT molecular complexity index is 362. The first-order chi connectivity index (χ1) is 7.15. The van der Waals surface area contributed by atoms with Gasteiger partial charge in [-0.2, -0.15) is 0 Å². The van der Waals surface area contributed by atoms with E-state index in [2.05, 4.69) is 0 Å². The van der Waals surface area contributed by atoms with Crippen LogP contribution < -0.4 is 4.74 Å². The van der Waals surface area contributed by atoms with E-state index < -0.39 is 6.10 Å². The maximum Gasteiger partial charge on any atom is 0.125 e. The number of benzene rings is 1. The highest BCUT2D eigenvalue weighted by Crippen LogP contribution is 2.40. The van der Waals surface area contributed by atoms with Gasteiger partial charge in [0.2, 0.25) is 0 Å². The molecule has 0 aromatic heterocycles. The molecule has 2 rings (SSSR count).